The Kier molecular flexibility index (Phi) is 4.04. The van der Waals surface area contributed by atoms with Crippen LogP contribution in [0.15, 0.2) is 30.3 Å². The van der Waals surface area contributed by atoms with Gasteiger partial charge in [-0.25, -0.2) is 4.79 Å². The summed E-state index contributed by atoms with van der Waals surface area (Å²) in [6, 6.07) is 9.98. The Morgan fingerprint density at radius 2 is 1.85 bits per heavy atom. The number of amides is 1. The molecule has 1 aliphatic rings. The molecular weight excluding hydrogens is 252 g/mol. The van der Waals surface area contributed by atoms with Crippen LogP contribution in [0.5, 0.6) is 0 Å². The lowest BCUT2D eigenvalue weighted by atomic mass is 9.97. The van der Waals surface area contributed by atoms with Gasteiger partial charge in [-0.3, -0.25) is 0 Å². The standard InChI is InChI=1S/C16H24N2O2/c1-15(2,3)20-14(19)18-13(16(17-4)10-11-16)12-8-6-5-7-9-12/h5-9,13,17H,10-11H2,1-4H3,(H,18,19). The fourth-order valence-corrected chi connectivity index (χ4v) is 2.43. The second-order valence-electron chi connectivity index (χ2n) is 6.40. The molecular formula is C16H24N2O2. The maximum absolute atomic E-state index is 12.1. The summed E-state index contributed by atoms with van der Waals surface area (Å²) in [7, 11) is 1.94. The second-order valence-corrected chi connectivity index (χ2v) is 6.40. The molecule has 4 nitrogen and oxygen atoms in total. The van der Waals surface area contributed by atoms with E-state index in [1.54, 1.807) is 0 Å². The van der Waals surface area contributed by atoms with E-state index >= 15 is 0 Å². The topological polar surface area (TPSA) is 50.4 Å². The molecule has 0 heterocycles. The van der Waals surface area contributed by atoms with Gasteiger partial charge in [0.25, 0.3) is 0 Å². The maximum atomic E-state index is 12.1. The lowest BCUT2D eigenvalue weighted by Gasteiger charge is -2.29. The zero-order valence-corrected chi connectivity index (χ0v) is 12.7. The molecule has 1 aromatic carbocycles. The van der Waals surface area contributed by atoms with Crippen LogP contribution in [0.3, 0.4) is 0 Å². The molecule has 0 bridgehead atoms. The van der Waals surface area contributed by atoms with Crippen LogP contribution in [-0.4, -0.2) is 24.3 Å². The smallest absolute Gasteiger partial charge is 0.408 e. The average molecular weight is 276 g/mol. The van der Waals surface area contributed by atoms with Gasteiger partial charge in [0.15, 0.2) is 0 Å². The molecule has 110 valence electrons. The van der Waals surface area contributed by atoms with Gasteiger partial charge in [0, 0.05) is 5.54 Å². The van der Waals surface area contributed by atoms with E-state index in [2.05, 4.69) is 10.6 Å². The number of carbonyl (C=O) groups excluding carboxylic acids is 1. The summed E-state index contributed by atoms with van der Waals surface area (Å²) in [6.07, 6.45) is 1.74. The van der Waals surface area contributed by atoms with Crippen LogP contribution in [0, 0.1) is 0 Å². The van der Waals surface area contributed by atoms with Crippen molar-refractivity contribution in [3.05, 3.63) is 35.9 Å². The summed E-state index contributed by atoms with van der Waals surface area (Å²) in [5.74, 6) is 0. The fourth-order valence-electron chi connectivity index (χ4n) is 2.43. The Morgan fingerprint density at radius 3 is 2.30 bits per heavy atom. The van der Waals surface area contributed by atoms with Crippen molar-refractivity contribution in [1.29, 1.82) is 0 Å². The highest BCUT2D eigenvalue weighted by Gasteiger charge is 2.49. The van der Waals surface area contributed by atoms with Gasteiger partial charge in [0.1, 0.15) is 5.60 Å². The number of alkyl carbamates (subject to hydrolysis) is 1. The molecule has 1 fully saturated rings. The zero-order valence-electron chi connectivity index (χ0n) is 12.7. The highest BCUT2D eigenvalue weighted by atomic mass is 16.6. The first-order chi connectivity index (χ1) is 9.36. The minimum atomic E-state index is -0.484. The minimum absolute atomic E-state index is 0.0434. The van der Waals surface area contributed by atoms with E-state index in [0.717, 1.165) is 18.4 Å². The molecule has 2 N–H and O–H groups in total. The van der Waals surface area contributed by atoms with Crippen LogP contribution >= 0.6 is 0 Å². The van der Waals surface area contributed by atoms with E-state index in [1.165, 1.54) is 0 Å². The van der Waals surface area contributed by atoms with Gasteiger partial charge in [0.05, 0.1) is 6.04 Å². The normalized spacial score (nSPS) is 18.2. The minimum Gasteiger partial charge on any atom is -0.444 e. The maximum Gasteiger partial charge on any atom is 0.408 e. The Hall–Kier alpha value is -1.55. The largest absolute Gasteiger partial charge is 0.444 e. The predicted octanol–water partition coefficient (Wildman–Crippen LogP) is 3.00. The summed E-state index contributed by atoms with van der Waals surface area (Å²) in [5.41, 5.74) is 0.574. The Balaban J connectivity index is 2.15. The molecule has 0 spiro atoms. The molecule has 0 aromatic heterocycles. The Bertz CT molecular complexity index is 461. The van der Waals surface area contributed by atoms with E-state index in [-0.39, 0.29) is 17.7 Å². The molecule has 0 saturated heterocycles. The van der Waals surface area contributed by atoms with Crippen molar-refractivity contribution in [3.8, 4) is 0 Å². The van der Waals surface area contributed by atoms with Gasteiger partial charge < -0.3 is 15.4 Å². The zero-order chi connectivity index (χ0) is 14.8. The lowest BCUT2D eigenvalue weighted by Crippen LogP contribution is -2.46. The number of carbonyl (C=O) groups is 1. The van der Waals surface area contributed by atoms with Gasteiger partial charge >= 0.3 is 6.09 Å². The van der Waals surface area contributed by atoms with Crippen LogP contribution < -0.4 is 10.6 Å². The quantitative estimate of drug-likeness (QED) is 0.889. The summed E-state index contributed by atoms with van der Waals surface area (Å²) in [4.78, 5) is 12.1. The van der Waals surface area contributed by atoms with Gasteiger partial charge in [-0.2, -0.15) is 0 Å². The molecule has 1 aromatic rings. The fraction of sp³-hybridized carbons (Fsp3) is 0.562. The summed E-state index contributed by atoms with van der Waals surface area (Å²) < 4.78 is 5.38. The average Bonchev–Trinajstić information content (AvgIpc) is 3.16. The molecule has 0 aliphatic heterocycles. The number of likely N-dealkylation sites (N-methyl/N-ethyl adjacent to an activating group) is 1. The summed E-state index contributed by atoms with van der Waals surface area (Å²) in [5, 5.41) is 6.37. The first-order valence-corrected chi connectivity index (χ1v) is 7.10. The second kappa shape index (κ2) is 5.44. The predicted molar refractivity (Wildman–Crippen MR) is 79.6 cm³/mol. The first kappa shape index (κ1) is 14.9. The molecule has 1 amide bonds. The molecule has 2 rings (SSSR count). The molecule has 4 heteroatoms. The monoisotopic (exact) mass is 276 g/mol. The third-order valence-electron chi connectivity index (χ3n) is 3.63. The van der Waals surface area contributed by atoms with E-state index < -0.39 is 5.60 Å². The number of ether oxygens (including phenoxy) is 1. The van der Waals surface area contributed by atoms with Gasteiger partial charge in [0.2, 0.25) is 0 Å². The van der Waals surface area contributed by atoms with Crippen LogP contribution in [0.2, 0.25) is 0 Å². The molecule has 1 saturated carbocycles. The van der Waals surface area contributed by atoms with Crippen LogP contribution in [-0.2, 0) is 4.74 Å². The number of nitrogens with one attached hydrogen (secondary N) is 2. The van der Waals surface area contributed by atoms with Crippen molar-refractivity contribution in [3.63, 3.8) is 0 Å². The van der Waals surface area contributed by atoms with Crippen molar-refractivity contribution in [2.75, 3.05) is 7.05 Å². The molecule has 1 unspecified atom stereocenters. The molecule has 0 radical (unpaired) electrons. The Morgan fingerprint density at radius 1 is 1.25 bits per heavy atom. The summed E-state index contributed by atoms with van der Waals surface area (Å²) in [6.45, 7) is 5.61. The SMILES string of the molecule is CNC1(C(NC(=O)OC(C)(C)C)c2ccccc2)CC1. The Labute approximate surface area is 120 Å². The highest BCUT2D eigenvalue weighted by Crippen LogP contribution is 2.45. The number of rotatable bonds is 4. The van der Waals surface area contributed by atoms with E-state index in [1.807, 2.05) is 58.2 Å². The van der Waals surface area contributed by atoms with E-state index in [0.29, 0.717) is 0 Å². The van der Waals surface area contributed by atoms with E-state index in [4.69, 9.17) is 4.74 Å². The third kappa shape index (κ3) is 3.51. The number of hydrogen-bond acceptors (Lipinski definition) is 3. The number of benzene rings is 1. The van der Waals surface area contributed by atoms with Gasteiger partial charge in [-0.15, -0.1) is 0 Å². The summed E-state index contributed by atoms with van der Waals surface area (Å²) >= 11 is 0. The molecule has 1 atom stereocenters. The van der Waals surface area contributed by atoms with Crippen LogP contribution in [0.4, 0.5) is 4.79 Å². The first-order valence-electron chi connectivity index (χ1n) is 7.10. The van der Waals surface area contributed by atoms with Crippen molar-refractivity contribution in [2.24, 2.45) is 0 Å². The van der Waals surface area contributed by atoms with Gasteiger partial charge in [-0.1, -0.05) is 30.3 Å². The van der Waals surface area contributed by atoms with E-state index in [9.17, 15) is 4.79 Å². The molecule has 20 heavy (non-hydrogen) atoms. The lowest BCUT2D eigenvalue weighted by molar-refractivity contribution is 0.0488. The van der Waals surface area contributed by atoms with Crippen molar-refractivity contribution < 1.29 is 9.53 Å². The van der Waals surface area contributed by atoms with Gasteiger partial charge in [-0.05, 0) is 46.2 Å². The molecule has 1 aliphatic carbocycles. The van der Waals surface area contributed by atoms with Crippen molar-refractivity contribution >= 4 is 6.09 Å². The van der Waals surface area contributed by atoms with Crippen molar-refractivity contribution in [2.45, 2.75) is 50.8 Å². The van der Waals surface area contributed by atoms with Crippen molar-refractivity contribution in [1.82, 2.24) is 10.6 Å². The third-order valence-corrected chi connectivity index (χ3v) is 3.63. The number of hydrogen-bond donors (Lipinski definition) is 2. The van der Waals surface area contributed by atoms with Crippen LogP contribution in [0.1, 0.15) is 45.2 Å². The van der Waals surface area contributed by atoms with Crippen LogP contribution in [0.25, 0.3) is 0 Å². The highest BCUT2D eigenvalue weighted by molar-refractivity contribution is 5.69.